The zero-order valence-corrected chi connectivity index (χ0v) is 8.31. The first-order valence-corrected chi connectivity index (χ1v) is 4.30. The highest BCUT2D eigenvalue weighted by Crippen LogP contribution is 2.21. The molecule has 1 aliphatic heterocycles. The summed E-state index contributed by atoms with van der Waals surface area (Å²) in [6.45, 7) is -11.1. The molecular formula is C10H14BrN3. The van der Waals surface area contributed by atoms with Crippen LogP contribution in [-0.2, 0) is 0 Å². The molecule has 76 valence electrons. The van der Waals surface area contributed by atoms with Gasteiger partial charge >= 0.3 is 0 Å². The van der Waals surface area contributed by atoms with Crippen molar-refractivity contribution < 1.29 is 19.2 Å². The SMILES string of the molecule is [2H]c1nc(Br)nc(N2C([2H])([2H])C([2H])([2H])C([2H])(C([2H])([2H])[2H])C([2H])([2H])C2([2H])[2H])c1[2H]. The molecule has 0 N–H and O–H groups in total. The second-order valence-corrected chi connectivity index (χ2v) is 2.95. The van der Waals surface area contributed by atoms with Crippen LogP contribution < -0.4 is 4.90 Å². The van der Waals surface area contributed by atoms with Crippen LogP contribution in [0.5, 0.6) is 0 Å². The molecule has 1 aromatic heterocycles. The Bertz CT molecular complexity index is 777. The summed E-state index contributed by atoms with van der Waals surface area (Å²) in [5, 5.41) is 0. The molecule has 0 radical (unpaired) electrons. The van der Waals surface area contributed by atoms with Gasteiger partial charge in [-0.3, -0.25) is 0 Å². The molecule has 1 aromatic rings. The Morgan fingerprint density at radius 3 is 3.29 bits per heavy atom. The molecule has 0 saturated carbocycles. The van der Waals surface area contributed by atoms with Gasteiger partial charge in [-0.1, -0.05) is 6.85 Å². The van der Waals surface area contributed by atoms with Gasteiger partial charge in [0, 0.05) is 35.6 Å². The number of piperidine rings is 1. The number of halogens is 1. The fourth-order valence-electron chi connectivity index (χ4n) is 0.759. The molecule has 0 aromatic carbocycles. The van der Waals surface area contributed by atoms with E-state index in [1.807, 2.05) is 0 Å². The molecule has 4 heteroatoms. The van der Waals surface area contributed by atoms with Crippen LogP contribution in [0.25, 0.3) is 0 Å². The van der Waals surface area contributed by atoms with E-state index in [9.17, 15) is 0 Å². The lowest BCUT2D eigenvalue weighted by Crippen LogP contribution is -2.33. The van der Waals surface area contributed by atoms with Crippen molar-refractivity contribution in [1.29, 1.82) is 0 Å². The molecule has 0 spiro atoms. The maximum atomic E-state index is 8.15. The average molecular weight is 270 g/mol. The largest absolute Gasteiger partial charge is 0.356 e. The van der Waals surface area contributed by atoms with E-state index in [0.717, 1.165) is 0 Å². The van der Waals surface area contributed by atoms with E-state index in [0.29, 0.717) is 0 Å². The monoisotopic (exact) mass is 269 g/mol. The van der Waals surface area contributed by atoms with Gasteiger partial charge in [-0.25, -0.2) is 9.97 Å². The maximum absolute atomic E-state index is 8.15. The van der Waals surface area contributed by atoms with E-state index in [4.69, 9.17) is 19.2 Å². The highest BCUT2D eigenvalue weighted by atomic mass is 79.9. The van der Waals surface area contributed by atoms with Crippen LogP contribution in [0.2, 0.25) is 0 Å². The molecule has 0 atom stereocenters. The summed E-state index contributed by atoms with van der Waals surface area (Å²) in [4.78, 5) is 6.90. The van der Waals surface area contributed by atoms with Crippen molar-refractivity contribution in [3.63, 3.8) is 0 Å². The molecule has 1 aliphatic rings. The third-order valence-electron chi connectivity index (χ3n) is 1.31. The van der Waals surface area contributed by atoms with Crippen molar-refractivity contribution in [1.82, 2.24) is 9.97 Å². The predicted octanol–water partition coefficient (Wildman–Crippen LogP) is 2.48. The topological polar surface area (TPSA) is 29.0 Å². The van der Waals surface area contributed by atoms with E-state index >= 15 is 0 Å². The van der Waals surface area contributed by atoms with Crippen molar-refractivity contribution in [3.8, 4) is 0 Å². The van der Waals surface area contributed by atoms with Crippen molar-refractivity contribution >= 4 is 21.7 Å². The van der Waals surface area contributed by atoms with E-state index in [1.165, 1.54) is 0 Å². The van der Waals surface area contributed by atoms with Gasteiger partial charge in [0.2, 0.25) is 0 Å². The van der Waals surface area contributed by atoms with Crippen LogP contribution in [0, 0.1) is 5.89 Å². The summed E-state index contributed by atoms with van der Waals surface area (Å²) in [7, 11) is 0. The Morgan fingerprint density at radius 1 is 1.79 bits per heavy atom. The molecule has 0 aliphatic carbocycles. The van der Waals surface area contributed by atoms with Crippen LogP contribution in [0.4, 0.5) is 5.82 Å². The van der Waals surface area contributed by atoms with Crippen LogP contribution in [-0.4, -0.2) is 23.0 Å². The molecular weight excluding hydrogens is 242 g/mol. The lowest BCUT2D eigenvalue weighted by atomic mass is 9.99. The molecule has 0 amide bonds. The standard InChI is InChI=1S/C10H14BrN3/c1-8-3-6-14(7-4-8)9-2-5-12-10(11)13-9/h2,5,8H,3-4,6-7H2,1H3/i1D3,2D,3D2,4D2,5D,6D2,7D2,8D. The fraction of sp³-hybridized carbons (Fsp3) is 0.600. The summed E-state index contributed by atoms with van der Waals surface area (Å²) in [5.74, 6) is -4.84. The van der Waals surface area contributed by atoms with Crippen LogP contribution in [0.3, 0.4) is 0 Å². The number of aromatic nitrogens is 2. The van der Waals surface area contributed by atoms with Gasteiger partial charge in [-0.15, -0.1) is 0 Å². The van der Waals surface area contributed by atoms with Crippen molar-refractivity contribution in [2.24, 2.45) is 5.89 Å². The highest BCUT2D eigenvalue weighted by Gasteiger charge is 2.16. The van der Waals surface area contributed by atoms with E-state index < -0.39 is 56.5 Å². The first kappa shape index (κ1) is 2.54. The molecule has 0 bridgehead atoms. The van der Waals surface area contributed by atoms with Crippen molar-refractivity contribution in [2.75, 3.05) is 17.9 Å². The quantitative estimate of drug-likeness (QED) is 0.734. The van der Waals surface area contributed by atoms with Crippen LogP contribution >= 0.6 is 15.9 Å². The van der Waals surface area contributed by atoms with Gasteiger partial charge in [0.15, 0.2) is 4.73 Å². The molecule has 3 nitrogen and oxygen atoms in total. The predicted molar refractivity (Wildman–Crippen MR) is 60.3 cm³/mol. The van der Waals surface area contributed by atoms with Gasteiger partial charge in [0.1, 0.15) is 5.82 Å². The van der Waals surface area contributed by atoms with Gasteiger partial charge in [-0.05, 0) is 40.6 Å². The maximum Gasteiger partial charge on any atom is 0.198 e. The van der Waals surface area contributed by atoms with E-state index in [1.54, 1.807) is 0 Å². The third kappa shape index (κ3) is 2.23. The van der Waals surface area contributed by atoms with Crippen molar-refractivity contribution in [2.45, 2.75) is 19.6 Å². The molecule has 14 heavy (non-hydrogen) atoms. The lowest BCUT2D eigenvalue weighted by molar-refractivity contribution is 0.436. The lowest BCUT2D eigenvalue weighted by Gasteiger charge is -2.31. The summed E-state index contributed by atoms with van der Waals surface area (Å²) in [6.07, 6.45) is -8.41. The number of rotatable bonds is 1. The van der Waals surface area contributed by atoms with E-state index in [2.05, 4.69) is 25.9 Å². The zero-order chi connectivity index (χ0) is 22.3. The minimum Gasteiger partial charge on any atom is -0.356 e. The third-order valence-corrected chi connectivity index (χ3v) is 1.67. The van der Waals surface area contributed by atoms with Crippen LogP contribution in [0.15, 0.2) is 16.9 Å². The molecule has 2 rings (SSSR count). The highest BCUT2D eigenvalue weighted by molar-refractivity contribution is 9.10. The Morgan fingerprint density at radius 2 is 2.57 bits per heavy atom. The normalized spacial score (nSPS) is 50.8. The van der Waals surface area contributed by atoms with Crippen LogP contribution in [0.1, 0.15) is 38.8 Å². The Kier molecular flexibility index (Phi) is 0.771. The molecule has 2 heterocycles. The number of hydrogen-bond donors (Lipinski definition) is 0. The second-order valence-electron chi connectivity index (χ2n) is 2.24. The molecule has 1 saturated heterocycles. The van der Waals surface area contributed by atoms with E-state index in [-0.39, 0.29) is 9.63 Å². The number of nitrogens with zero attached hydrogens (tertiary/aromatic N) is 3. The second kappa shape index (κ2) is 4.26. The fourth-order valence-corrected chi connectivity index (χ4v) is 1.02. The van der Waals surface area contributed by atoms with Gasteiger partial charge < -0.3 is 4.90 Å². The Balaban J connectivity index is 2.98. The first-order chi connectivity index (χ1) is 12.2. The van der Waals surface area contributed by atoms with Gasteiger partial charge in [0.05, 0.1) is 2.74 Å². The first-order valence-electron chi connectivity index (χ1n) is 10.5. The summed E-state index contributed by atoms with van der Waals surface area (Å²) in [5.41, 5.74) is 0. The zero-order valence-electron chi connectivity index (χ0n) is 20.7. The number of hydrogen-bond acceptors (Lipinski definition) is 3. The minimum absolute atomic E-state index is 0.161. The summed E-state index contributed by atoms with van der Waals surface area (Å²) < 4.78 is 110. The number of anilines is 1. The summed E-state index contributed by atoms with van der Waals surface area (Å²) in [6, 6.07) is -0.936. The molecule has 1 fully saturated rings. The molecule has 0 unspecified atom stereocenters. The summed E-state index contributed by atoms with van der Waals surface area (Å²) >= 11 is 2.79. The smallest absolute Gasteiger partial charge is 0.198 e. The average Bonchev–Trinajstić information content (AvgIpc) is 2.47. The van der Waals surface area contributed by atoms with Crippen molar-refractivity contribution in [3.05, 3.63) is 16.9 Å². The van der Waals surface area contributed by atoms with Gasteiger partial charge in [-0.2, -0.15) is 0 Å². The minimum atomic E-state index is -3.87. The Labute approximate surface area is 112 Å². The van der Waals surface area contributed by atoms with Gasteiger partial charge in [0.25, 0.3) is 0 Å². The Hall–Kier alpha value is -0.640.